The molecule has 4 aromatic rings. The fraction of sp³-hybridized carbons (Fsp3) is 0.0714. The van der Waals surface area contributed by atoms with Gasteiger partial charge in [0.2, 0.25) is 0 Å². The first kappa shape index (κ1) is 21.1. The zero-order valence-electron chi connectivity index (χ0n) is 17.5. The van der Waals surface area contributed by atoms with Crippen LogP contribution in [0.15, 0.2) is 119 Å². The molecule has 0 radical (unpaired) electrons. The van der Waals surface area contributed by atoms with Crippen molar-refractivity contribution in [2.24, 2.45) is 9.98 Å². The zero-order chi connectivity index (χ0) is 22.2. The van der Waals surface area contributed by atoms with Crippen molar-refractivity contribution in [2.75, 3.05) is 13.1 Å². The molecule has 0 aliphatic carbocycles. The van der Waals surface area contributed by atoms with Crippen molar-refractivity contribution in [2.45, 2.75) is 0 Å². The molecule has 0 saturated heterocycles. The first-order chi connectivity index (χ1) is 15.7. The third kappa shape index (κ3) is 4.93. The summed E-state index contributed by atoms with van der Waals surface area (Å²) < 4.78 is 0. The number of nitrogens with zero attached hydrogens (tertiary/aromatic N) is 2. The Kier molecular flexibility index (Phi) is 6.73. The third-order valence-corrected chi connectivity index (χ3v) is 5.02. The smallest absolute Gasteiger partial charge is 0.0713 e. The van der Waals surface area contributed by atoms with Crippen LogP contribution in [0.5, 0.6) is 11.5 Å². The van der Waals surface area contributed by atoms with Crippen LogP contribution in [0.25, 0.3) is 0 Å². The van der Waals surface area contributed by atoms with Crippen molar-refractivity contribution >= 4 is 11.4 Å². The first-order valence-corrected chi connectivity index (χ1v) is 10.5. The number of aliphatic imine (C=N–C) groups is 2. The van der Waals surface area contributed by atoms with Gasteiger partial charge in [-0.3, -0.25) is 9.98 Å². The van der Waals surface area contributed by atoms with E-state index in [1.54, 1.807) is 36.4 Å². The second kappa shape index (κ2) is 10.2. The molecule has 0 heterocycles. The number of para-hydroxylation sites is 2. The van der Waals surface area contributed by atoms with E-state index in [1.807, 2.05) is 72.8 Å². The summed E-state index contributed by atoms with van der Waals surface area (Å²) in [7, 11) is 0. The normalized spacial score (nSPS) is 12.0. The van der Waals surface area contributed by atoms with Gasteiger partial charge in [0, 0.05) is 11.1 Å². The topological polar surface area (TPSA) is 70.8 Å². The van der Waals surface area contributed by atoms with E-state index in [0.29, 0.717) is 35.6 Å². The molecule has 32 heavy (non-hydrogen) atoms. The van der Waals surface area contributed by atoms with Crippen molar-refractivity contribution < 1.29 is 10.2 Å². The molecule has 0 unspecified atom stereocenters. The molecule has 0 atom stereocenters. The van der Waals surface area contributed by atoms with Gasteiger partial charge >= 0.3 is 0 Å². The summed E-state index contributed by atoms with van der Waals surface area (Å²) >= 11 is 0. The number of rotatable bonds is 7. The van der Waals surface area contributed by atoms with Crippen molar-refractivity contribution in [3.8, 4) is 11.5 Å². The highest BCUT2D eigenvalue weighted by Crippen LogP contribution is 2.20. The van der Waals surface area contributed by atoms with Gasteiger partial charge in [0.1, 0.15) is 0 Å². The van der Waals surface area contributed by atoms with Crippen LogP contribution in [-0.4, -0.2) is 24.5 Å². The molecule has 0 spiro atoms. The van der Waals surface area contributed by atoms with E-state index in [0.717, 1.165) is 11.1 Å². The van der Waals surface area contributed by atoms with E-state index in [4.69, 9.17) is 9.98 Å². The van der Waals surface area contributed by atoms with Crippen molar-refractivity contribution in [3.05, 3.63) is 131 Å². The Morgan fingerprint density at radius 2 is 0.812 bits per heavy atom. The van der Waals surface area contributed by atoms with Crippen LogP contribution in [0.3, 0.4) is 0 Å². The SMILES string of the molecule is [O-]c1ccccc1C(=NCCN=C(c1ccccc1)c1ccccc1[O-])c1ccccc1. The van der Waals surface area contributed by atoms with E-state index < -0.39 is 0 Å². The average molecular weight is 418 g/mol. The molecule has 158 valence electrons. The highest BCUT2D eigenvalue weighted by atomic mass is 16.3. The van der Waals surface area contributed by atoms with Crippen LogP contribution in [-0.2, 0) is 0 Å². The molecule has 4 heteroatoms. The summed E-state index contributed by atoms with van der Waals surface area (Å²) in [5, 5.41) is 24.9. The van der Waals surface area contributed by atoms with Crippen LogP contribution in [0.4, 0.5) is 0 Å². The molecule has 4 aromatic carbocycles. The molecule has 0 N–H and O–H groups in total. The van der Waals surface area contributed by atoms with Crippen LogP contribution in [0.2, 0.25) is 0 Å². The highest BCUT2D eigenvalue weighted by molar-refractivity contribution is 6.15. The summed E-state index contributed by atoms with van der Waals surface area (Å²) in [5.74, 6) is -0.132. The zero-order valence-corrected chi connectivity index (χ0v) is 17.5. The number of benzene rings is 4. The minimum atomic E-state index is -0.0659. The number of hydrogen-bond acceptors (Lipinski definition) is 4. The summed E-state index contributed by atoms with van der Waals surface area (Å²) in [5.41, 5.74) is 4.20. The van der Waals surface area contributed by atoms with E-state index in [-0.39, 0.29) is 11.5 Å². The quantitative estimate of drug-likeness (QED) is 0.333. The van der Waals surface area contributed by atoms with Crippen molar-refractivity contribution in [3.63, 3.8) is 0 Å². The molecule has 4 nitrogen and oxygen atoms in total. The fourth-order valence-corrected chi connectivity index (χ4v) is 3.50. The van der Waals surface area contributed by atoms with Gasteiger partial charge in [-0.2, -0.15) is 0 Å². The lowest BCUT2D eigenvalue weighted by Crippen LogP contribution is -2.11. The maximum absolute atomic E-state index is 12.4. The molecule has 0 amide bonds. The van der Waals surface area contributed by atoms with Gasteiger partial charge in [0.15, 0.2) is 0 Å². The van der Waals surface area contributed by atoms with Crippen LogP contribution in [0, 0.1) is 0 Å². The molecule has 4 rings (SSSR count). The van der Waals surface area contributed by atoms with E-state index in [9.17, 15) is 10.2 Å². The van der Waals surface area contributed by atoms with Crippen LogP contribution >= 0.6 is 0 Å². The second-order valence-electron chi connectivity index (χ2n) is 7.19. The standard InChI is InChI=1S/C28H24N2O2/c31-25-17-9-7-15-23(25)27(21-11-3-1-4-12-21)29-19-20-30-28(22-13-5-2-6-14-22)24-16-8-10-18-26(24)32/h1-18,31-32H,19-20H2/p-2. The van der Waals surface area contributed by atoms with Gasteiger partial charge in [-0.05, 0) is 11.1 Å². The minimum Gasteiger partial charge on any atom is -0.872 e. The van der Waals surface area contributed by atoms with Gasteiger partial charge in [0.05, 0.1) is 24.5 Å². The lowest BCUT2D eigenvalue weighted by molar-refractivity contribution is -0.269. The summed E-state index contributed by atoms with van der Waals surface area (Å²) in [6.45, 7) is 0.770. The summed E-state index contributed by atoms with van der Waals surface area (Å²) in [6.07, 6.45) is 0. The van der Waals surface area contributed by atoms with Gasteiger partial charge < -0.3 is 10.2 Å². The third-order valence-electron chi connectivity index (χ3n) is 5.02. The fourth-order valence-electron chi connectivity index (χ4n) is 3.50. The maximum Gasteiger partial charge on any atom is 0.0713 e. The maximum atomic E-state index is 12.4. The second-order valence-corrected chi connectivity index (χ2v) is 7.19. The molecule has 0 fully saturated rings. The molecule has 0 saturated carbocycles. The molecule has 0 aliphatic rings. The lowest BCUT2D eigenvalue weighted by Gasteiger charge is -2.16. The van der Waals surface area contributed by atoms with Crippen LogP contribution in [0.1, 0.15) is 22.3 Å². The molecule has 0 bridgehead atoms. The number of hydrogen-bond donors (Lipinski definition) is 0. The summed E-state index contributed by atoms with van der Waals surface area (Å²) in [6, 6.07) is 33.1. The van der Waals surface area contributed by atoms with Gasteiger partial charge in [-0.25, -0.2) is 0 Å². The molecular weight excluding hydrogens is 396 g/mol. The van der Waals surface area contributed by atoms with E-state index in [1.165, 1.54) is 0 Å². The largest absolute Gasteiger partial charge is 0.872 e. The first-order valence-electron chi connectivity index (χ1n) is 10.5. The Bertz CT molecular complexity index is 1130. The van der Waals surface area contributed by atoms with Gasteiger partial charge in [0.25, 0.3) is 0 Å². The predicted molar refractivity (Wildman–Crippen MR) is 126 cm³/mol. The Hall–Kier alpha value is -4.18. The van der Waals surface area contributed by atoms with E-state index >= 15 is 0 Å². The van der Waals surface area contributed by atoms with Gasteiger partial charge in [-0.1, -0.05) is 121 Å². The Labute approximate surface area is 187 Å². The summed E-state index contributed by atoms with van der Waals surface area (Å²) in [4.78, 5) is 9.48. The minimum absolute atomic E-state index is 0.0659. The molecule has 0 aromatic heterocycles. The van der Waals surface area contributed by atoms with E-state index in [2.05, 4.69) is 0 Å². The van der Waals surface area contributed by atoms with Crippen molar-refractivity contribution in [1.29, 1.82) is 0 Å². The lowest BCUT2D eigenvalue weighted by atomic mass is 10.0. The monoisotopic (exact) mass is 418 g/mol. The molecule has 0 aliphatic heterocycles. The van der Waals surface area contributed by atoms with Crippen LogP contribution < -0.4 is 10.2 Å². The Morgan fingerprint density at radius 3 is 1.19 bits per heavy atom. The molecular formula is C28H22N2O2-2. The van der Waals surface area contributed by atoms with Crippen molar-refractivity contribution in [1.82, 2.24) is 0 Å². The Morgan fingerprint density at radius 1 is 0.469 bits per heavy atom. The van der Waals surface area contributed by atoms with Gasteiger partial charge in [-0.15, -0.1) is 0 Å². The highest BCUT2D eigenvalue weighted by Gasteiger charge is 2.09. The Balaban J connectivity index is 1.66. The average Bonchev–Trinajstić information content (AvgIpc) is 2.84. The predicted octanol–water partition coefficient (Wildman–Crippen LogP) is 4.21.